The lowest BCUT2D eigenvalue weighted by Gasteiger charge is -2.58. The smallest absolute Gasteiger partial charge is 0.333 e. The van der Waals surface area contributed by atoms with Crippen molar-refractivity contribution in [2.24, 2.45) is 40.4 Å². The molecule has 0 radical (unpaired) electrons. The van der Waals surface area contributed by atoms with Crippen LogP contribution in [0.3, 0.4) is 0 Å². The molecule has 3 fully saturated rings. The van der Waals surface area contributed by atoms with Gasteiger partial charge in [0.05, 0.1) is 6.10 Å². The lowest BCUT2D eigenvalue weighted by molar-refractivity contribution is -0.180. The maximum Gasteiger partial charge on any atom is 0.333 e. The number of carboxylic acids is 1. The SMILES string of the molecule is C=C1OC(=O)[C@@]2(C1=O)C(=O)[C@@]1(C)[C@@H](C=C[C@H]3[C@H](O)[C@@H](C)[C@H](OC(C)=O)C[C@@H]31)C[C@H]2C=CC=CC=CC(=O)O. The van der Waals surface area contributed by atoms with E-state index in [1.165, 1.54) is 19.1 Å². The third-order valence-corrected chi connectivity index (χ3v) is 8.87. The number of aliphatic hydroxyl groups excluding tert-OH is 1. The highest BCUT2D eigenvalue weighted by Crippen LogP contribution is 2.62. The van der Waals surface area contributed by atoms with Gasteiger partial charge >= 0.3 is 17.9 Å². The zero-order valence-electron chi connectivity index (χ0n) is 21.5. The molecule has 1 aliphatic heterocycles. The molecule has 1 saturated heterocycles. The number of allylic oxidation sites excluding steroid dienone is 7. The molecule has 3 aliphatic carbocycles. The van der Waals surface area contributed by atoms with E-state index in [1.54, 1.807) is 32.1 Å². The molecule has 0 aromatic heterocycles. The molecule has 9 nitrogen and oxygen atoms in total. The van der Waals surface area contributed by atoms with Gasteiger partial charge in [-0.3, -0.25) is 19.2 Å². The van der Waals surface area contributed by atoms with Gasteiger partial charge < -0.3 is 19.7 Å². The summed E-state index contributed by atoms with van der Waals surface area (Å²) in [4.78, 5) is 63.8. The molecule has 0 amide bonds. The van der Waals surface area contributed by atoms with Gasteiger partial charge in [0.2, 0.25) is 5.78 Å². The monoisotopic (exact) mass is 524 g/mol. The number of carbonyl (C=O) groups is 5. The zero-order valence-corrected chi connectivity index (χ0v) is 21.5. The first-order valence-electron chi connectivity index (χ1n) is 12.7. The highest BCUT2D eigenvalue weighted by molar-refractivity contribution is 6.32. The standard InChI is InChI=1S/C29H32O9/c1-15-22(38-17(3)30)14-21-20(24(15)33)12-11-18-13-19(9-7-5-6-8-10-23(31)32)29(26(35)28(18,21)4)25(34)16(2)37-27(29)36/h5-12,15,18-22,24,33H,2,13-14H2,1,3-4H3,(H,31,32)/t15-,18-,19+,20+,21-,22+,24+,28-,29-/m0/s1. The first-order valence-corrected chi connectivity index (χ1v) is 12.7. The van der Waals surface area contributed by atoms with E-state index < -0.39 is 70.3 Å². The van der Waals surface area contributed by atoms with Crippen molar-refractivity contribution in [3.05, 3.63) is 60.9 Å². The summed E-state index contributed by atoms with van der Waals surface area (Å²) < 4.78 is 10.7. The molecule has 4 rings (SSSR count). The molecular formula is C29H32O9. The van der Waals surface area contributed by atoms with Gasteiger partial charge in [0, 0.05) is 36.2 Å². The zero-order chi connectivity index (χ0) is 28.0. The molecule has 202 valence electrons. The molecular weight excluding hydrogens is 492 g/mol. The number of cyclic esters (lactones) is 1. The van der Waals surface area contributed by atoms with Gasteiger partial charge in [0.1, 0.15) is 6.10 Å². The molecule has 0 aromatic rings. The fourth-order valence-corrected chi connectivity index (χ4v) is 6.89. The summed E-state index contributed by atoms with van der Waals surface area (Å²) in [7, 11) is 0. The fourth-order valence-electron chi connectivity index (χ4n) is 6.89. The van der Waals surface area contributed by atoms with Crippen molar-refractivity contribution >= 4 is 29.5 Å². The number of aliphatic carboxylic acids is 1. The molecule has 0 unspecified atom stereocenters. The summed E-state index contributed by atoms with van der Waals surface area (Å²) in [6, 6.07) is 0. The second-order valence-corrected chi connectivity index (χ2v) is 10.8. The van der Waals surface area contributed by atoms with Crippen molar-refractivity contribution in [3.8, 4) is 0 Å². The summed E-state index contributed by atoms with van der Waals surface area (Å²) >= 11 is 0. The summed E-state index contributed by atoms with van der Waals surface area (Å²) in [6.45, 7) is 8.37. The van der Waals surface area contributed by atoms with Crippen LogP contribution in [0.4, 0.5) is 0 Å². The largest absolute Gasteiger partial charge is 0.478 e. The average Bonchev–Trinajstić information content (AvgIpc) is 3.07. The Kier molecular flexibility index (Phi) is 7.18. The van der Waals surface area contributed by atoms with Crippen LogP contribution in [0.15, 0.2) is 60.9 Å². The normalized spacial score (nSPS) is 40.7. The van der Waals surface area contributed by atoms with E-state index in [0.717, 1.165) is 6.08 Å². The van der Waals surface area contributed by atoms with Gasteiger partial charge in [-0.1, -0.05) is 63.0 Å². The van der Waals surface area contributed by atoms with E-state index in [-0.39, 0.29) is 24.0 Å². The minimum absolute atomic E-state index is 0.273. The number of rotatable bonds is 5. The van der Waals surface area contributed by atoms with Gasteiger partial charge in [0.25, 0.3) is 0 Å². The number of carbonyl (C=O) groups excluding carboxylic acids is 4. The minimum Gasteiger partial charge on any atom is -0.478 e. The third-order valence-electron chi connectivity index (χ3n) is 8.87. The van der Waals surface area contributed by atoms with E-state index >= 15 is 0 Å². The van der Waals surface area contributed by atoms with Crippen molar-refractivity contribution in [1.29, 1.82) is 0 Å². The topological polar surface area (TPSA) is 144 Å². The maximum atomic E-state index is 14.6. The quantitative estimate of drug-likeness (QED) is 0.182. The van der Waals surface area contributed by atoms with Crippen LogP contribution in [0.25, 0.3) is 0 Å². The van der Waals surface area contributed by atoms with Crippen LogP contribution in [0.1, 0.15) is 33.6 Å². The average molecular weight is 525 g/mol. The Morgan fingerprint density at radius 2 is 1.82 bits per heavy atom. The number of ether oxygens (including phenoxy) is 2. The molecule has 1 spiro atoms. The number of fused-ring (bicyclic) bond motifs is 3. The fraction of sp³-hybridized carbons (Fsp3) is 0.483. The summed E-state index contributed by atoms with van der Waals surface area (Å²) in [6.07, 6.45) is 11.3. The molecule has 1 heterocycles. The van der Waals surface area contributed by atoms with Crippen LogP contribution in [-0.2, 0) is 33.4 Å². The van der Waals surface area contributed by atoms with E-state index in [2.05, 4.69) is 6.58 Å². The Labute approximate surface area is 220 Å². The van der Waals surface area contributed by atoms with Crippen molar-refractivity contribution in [2.75, 3.05) is 0 Å². The third kappa shape index (κ3) is 4.09. The molecule has 0 bridgehead atoms. The number of esters is 2. The second-order valence-electron chi connectivity index (χ2n) is 10.8. The van der Waals surface area contributed by atoms with Gasteiger partial charge in [0.15, 0.2) is 17.0 Å². The summed E-state index contributed by atoms with van der Waals surface area (Å²) in [5.41, 5.74) is -3.34. The van der Waals surface area contributed by atoms with Crippen LogP contribution in [0.2, 0.25) is 0 Å². The predicted molar refractivity (Wildman–Crippen MR) is 134 cm³/mol. The van der Waals surface area contributed by atoms with Gasteiger partial charge in [-0.2, -0.15) is 0 Å². The van der Waals surface area contributed by atoms with Crippen molar-refractivity contribution in [3.63, 3.8) is 0 Å². The maximum absolute atomic E-state index is 14.6. The number of Topliss-reactive ketones (excluding diaryl/α,β-unsaturated/α-hetero) is 2. The summed E-state index contributed by atoms with van der Waals surface area (Å²) in [5.74, 6) is -6.78. The van der Waals surface area contributed by atoms with Crippen molar-refractivity contribution in [2.45, 2.75) is 45.8 Å². The van der Waals surface area contributed by atoms with Crippen LogP contribution in [0.5, 0.6) is 0 Å². The lowest BCUT2D eigenvalue weighted by atomic mass is 9.43. The molecule has 9 heteroatoms. The molecule has 4 aliphatic rings. The Balaban J connectivity index is 1.77. The van der Waals surface area contributed by atoms with Crippen LogP contribution < -0.4 is 0 Å². The Morgan fingerprint density at radius 1 is 1.13 bits per heavy atom. The van der Waals surface area contributed by atoms with E-state index in [4.69, 9.17) is 14.6 Å². The van der Waals surface area contributed by atoms with Gasteiger partial charge in [-0.15, -0.1) is 0 Å². The van der Waals surface area contributed by atoms with Crippen molar-refractivity contribution < 1.29 is 43.7 Å². The number of ketones is 2. The Bertz CT molecular complexity index is 1210. The number of hydrogen-bond donors (Lipinski definition) is 2. The number of aliphatic hydroxyl groups is 1. The lowest BCUT2D eigenvalue weighted by Crippen LogP contribution is -2.65. The van der Waals surface area contributed by atoms with Gasteiger partial charge in [-0.25, -0.2) is 4.79 Å². The predicted octanol–water partition coefficient (Wildman–Crippen LogP) is 2.71. The molecule has 38 heavy (non-hydrogen) atoms. The van der Waals surface area contributed by atoms with Gasteiger partial charge in [-0.05, 0) is 24.7 Å². The number of carboxylic acid groups (broad SMARTS) is 1. The highest BCUT2D eigenvalue weighted by atomic mass is 16.6. The molecule has 0 aromatic carbocycles. The second kappa shape index (κ2) is 9.94. The number of hydrogen-bond acceptors (Lipinski definition) is 8. The Hall–Kier alpha value is -3.59. The minimum atomic E-state index is -2.12. The first kappa shape index (κ1) is 27.4. The van der Waals surface area contributed by atoms with Crippen molar-refractivity contribution in [1.82, 2.24) is 0 Å². The van der Waals surface area contributed by atoms with Crippen LogP contribution >= 0.6 is 0 Å². The van der Waals surface area contributed by atoms with Crippen LogP contribution in [-0.4, -0.2) is 51.9 Å². The molecule has 2 N–H and O–H groups in total. The van der Waals surface area contributed by atoms with Crippen LogP contribution in [0, 0.1) is 40.4 Å². The Morgan fingerprint density at radius 3 is 2.42 bits per heavy atom. The van der Waals surface area contributed by atoms with E-state index in [0.29, 0.717) is 6.42 Å². The molecule has 2 saturated carbocycles. The highest BCUT2D eigenvalue weighted by Gasteiger charge is 2.73. The first-order chi connectivity index (χ1) is 17.9. The molecule has 9 atom stereocenters. The van der Waals surface area contributed by atoms with E-state index in [1.807, 2.05) is 12.2 Å². The summed E-state index contributed by atoms with van der Waals surface area (Å²) in [5, 5.41) is 19.8. The van der Waals surface area contributed by atoms with E-state index in [9.17, 15) is 29.1 Å².